The zero-order valence-corrected chi connectivity index (χ0v) is 13.4. The summed E-state index contributed by atoms with van der Waals surface area (Å²) in [6.07, 6.45) is 4.28. The van der Waals surface area contributed by atoms with Gasteiger partial charge in [-0.05, 0) is 36.8 Å². The quantitative estimate of drug-likeness (QED) is 0.908. The van der Waals surface area contributed by atoms with Crippen LogP contribution in [0.25, 0.3) is 0 Å². The van der Waals surface area contributed by atoms with Gasteiger partial charge in [-0.1, -0.05) is 32.0 Å². The first-order chi connectivity index (χ1) is 10.6. The van der Waals surface area contributed by atoms with Gasteiger partial charge in [0.2, 0.25) is 11.8 Å². The Bertz CT molecular complexity index is 570. The summed E-state index contributed by atoms with van der Waals surface area (Å²) >= 11 is 0. The molecule has 1 N–H and O–H groups in total. The minimum absolute atomic E-state index is 0.0466. The molecule has 118 valence electrons. The number of aryl methyl sites for hydroxylation is 2. The van der Waals surface area contributed by atoms with Crippen LogP contribution in [0.3, 0.4) is 0 Å². The van der Waals surface area contributed by atoms with Crippen LogP contribution in [0.4, 0.5) is 5.69 Å². The third-order valence-electron chi connectivity index (χ3n) is 4.65. The molecule has 1 unspecified atom stereocenters. The average molecular weight is 300 g/mol. The van der Waals surface area contributed by atoms with Gasteiger partial charge in [0, 0.05) is 24.7 Å². The Kier molecular flexibility index (Phi) is 4.19. The van der Waals surface area contributed by atoms with E-state index in [1.807, 2.05) is 4.90 Å². The van der Waals surface area contributed by atoms with E-state index >= 15 is 0 Å². The molecule has 1 saturated carbocycles. The molecule has 0 bridgehead atoms. The fraction of sp³-hybridized carbons (Fsp3) is 0.556. The molecule has 0 spiro atoms. The highest BCUT2D eigenvalue weighted by molar-refractivity contribution is 6.01. The Morgan fingerprint density at radius 1 is 1.23 bits per heavy atom. The standard InChI is InChI=1S/C18H24N2O2/c1-3-12-6-5-7-13(4-2)17(12)20-11-14(10-16(20)21)18(22)19-15-8-9-15/h5-7,14-15H,3-4,8-11H2,1-2H3,(H,19,22). The number of carbonyl (C=O) groups is 2. The van der Waals surface area contributed by atoms with E-state index in [0.717, 1.165) is 31.4 Å². The fourth-order valence-electron chi connectivity index (χ4n) is 3.21. The van der Waals surface area contributed by atoms with E-state index in [2.05, 4.69) is 37.4 Å². The number of nitrogens with zero attached hydrogens (tertiary/aromatic N) is 1. The van der Waals surface area contributed by atoms with Crippen LogP contribution in [0, 0.1) is 5.92 Å². The maximum absolute atomic E-state index is 12.5. The summed E-state index contributed by atoms with van der Waals surface area (Å²) in [7, 11) is 0. The highest BCUT2D eigenvalue weighted by atomic mass is 16.2. The molecule has 0 aromatic heterocycles. The molecule has 4 heteroatoms. The van der Waals surface area contributed by atoms with Crippen LogP contribution < -0.4 is 10.2 Å². The first-order valence-corrected chi connectivity index (χ1v) is 8.35. The predicted molar refractivity (Wildman–Crippen MR) is 86.8 cm³/mol. The topological polar surface area (TPSA) is 49.4 Å². The lowest BCUT2D eigenvalue weighted by Gasteiger charge is -2.23. The summed E-state index contributed by atoms with van der Waals surface area (Å²) in [5.74, 6) is -0.0837. The van der Waals surface area contributed by atoms with Crippen molar-refractivity contribution in [1.29, 1.82) is 0 Å². The third-order valence-corrected chi connectivity index (χ3v) is 4.65. The van der Waals surface area contributed by atoms with Crippen LogP contribution in [0.1, 0.15) is 44.2 Å². The molecule has 1 aromatic carbocycles. The number of benzene rings is 1. The van der Waals surface area contributed by atoms with Gasteiger partial charge >= 0.3 is 0 Å². The van der Waals surface area contributed by atoms with Crippen LogP contribution >= 0.6 is 0 Å². The van der Waals surface area contributed by atoms with E-state index in [0.29, 0.717) is 19.0 Å². The number of hydrogen-bond donors (Lipinski definition) is 1. The number of rotatable bonds is 5. The highest BCUT2D eigenvalue weighted by Gasteiger charge is 2.38. The van der Waals surface area contributed by atoms with Crippen molar-refractivity contribution in [1.82, 2.24) is 5.32 Å². The van der Waals surface area contributed by atoms with Gasteiger partial charge in [0.05, 0.1) is 5.92 Å². The van der Waals surface area contributed by atoms with Crippen LogP contribution in [0.2, 0.25) is 0 Å². The van der Waals surface area contributed by atoms with E-state index in [9.17, 15) is 9.59 Å². The van der Waals surface area contributed by atoms with Crippen LogP contribution in [-0.2, 0) is 22.4 Å². The van der Waals surface area contributed by atoms with E-state index in [1.165, 1.54) is 11.1 Å². The van der Waals surface area contributed by atoms with Crippen LogP contribution in [-0.4, -0.2) is 24.4 Å². The summed E-state index contributed by atoms with van der Waals surface area (Å²) in [6, 6.07) is 6.57. The second-order valence-electron chi connectivity index (χ2n) is 6.32. The Hall–Kier alpha value is -1.84. The Balaban J connectivity index is 1.83. The zero-order chi connectivity index (χ0) is 15.7. The van der Waals surface area contributed by atoms with Crippen molar-refractivity contribution < 1.29 is 9.59 Å². The van der Waals surface area contributed by atoms with Gasteiger partial charge in [0.25, 0.3) is 0 Å². The molecular formula is C18H24N2O2. The number of hydrogen-bond acceptors (Lipinski definition) is 2. The minimum atomic E-state index is -0.206. The molecule has 2 aliphatic rings. The number of para-hydroxylation sites is 1. The van der Waals surface area contributed by atoms with Crippen molar-refractivity contribution in [3.05, 3.63) is 29.3 Å². The zero-order valence-electron chi connectivity index (χ0n) is 13.4. The molecular weight excluding hydrogens is 276 g/mol. The van der Waals surface area contributed by atoms with Crippen molar-refractivity contribution in [3.8, 4) is 0 Å². The molecule has 3 rings (SSSR count). The van der Waals surface area contributed by atoms with Crippen molar-refractivity contribution in [2.45, 2.75) is 52.0 Å². The lowest BCUT2D eigenvalue weighted by molar-refractivity contribution is -0.126. The lowest BCUT2D eigenvalue weighted by Crippen LogP contribution is -2.34. The average Bonchev–Trinajstić information content (AvgIpc) is 3.26. The summed E-state index contributed by atoms with van der Waals surface area (Å²) in [5, 5.41) is 3.03. The second kappa shape index (κ2) is 6.11. The molecule has 1 heterocycles. The Labute approximate surface area is 131 Å². The fourth-order valence-corrected chi connectivity index (χ4v) is 3.21. The molecule has 2 fully saturated rings. The van der Waals surface area contributed by atoms with Gasteiger partial charge < -0.3 is 10.2 Å². The maximum Gasteiger partial charge on any atom is 0.227 e. The van der Waals surface area contributed by atoms with E-state index < -0.39 is 0 Å². The smallest absolute Gasteiger partial charge is 0.227 e. The molecule has 1 aliphatic carbocycles. The van der Waals surface area contributed by atoms with E-state index in [1.54, 1.807) is 0 Å². The number of nitrogens with one attached hydrogen (secondary N) is 1. The largest absolute Gasteiger partial charge is 0.353 e. The summed E-state index contributed by atoms with van der Waals surface area (Å²) in [4.78, 5) is 26.6. The predicted octanol–water partition coefficient (Wildman–Crippen LogP) is 2.44. The van der Waals surface area contributed by atoms with Crippen molar-refractivity contribution in [3.63, 3.8) is 0 Å². The normalized spacial score (nSPS) is 21.3. The molecule has 1 saturated heterocycles. The summed E-state index contributed by atoms with van der Waals surface area (Å²) < 4.78 is 0. The molecule has 1 aliphatic heterocycles. The first-order valence-electron chi connectivity index (χ1n) is 8.35. The number of anilines is 1. The lowest BCUT2D eigenvalue weighted by atomic mass is 10.0. The van der Waals surface area contributed by atoms with E-state index in [4.69, 9.17) is 0 Å². The second-order valence-corrected chi connectivity index (χ2v) is 6.32. The molecule has 1 atom stereocenters. The SMILES string of the molecule is CCc1cccc(CC)c1N1CC(C(=O)NC2CC2)CC1=O. The van der Waals surface area contributed by atoms with Gasteiger partial charge in [-0.3, -0.25) is 9.59 Å². The molecule has 4 nitrogen and oxygen atoms in total. The Morgan fingerprint density at radius 2 is 1.86 bits per heavy atom. The summed E-state index contributed by atoms with van der Waals surface area (Å²) in [6.45, 7) is 4.73. The van der Waals surface area contributed by atoms with Gasteiger partial charge in [-0.15, -0.1) is 0 Å². The van der Waals surface area contributed by atoms with Gasteiger partial charge in [0.1, 0.15) is 0 Å². The molecule has 0 radical (unpaired) electrons. The van der Waals surface area contributed by atoms with Crippen molar-refractivity contribution in [2.24, 2.45) is 5.92 Å². The number of amides is 2. The van der Waals surface area contributed by atoms with Gasteiger partial charge in [0.15, 0.2) is 0 Å². The highest BCUT2D eigenvalue weighted by Crippen LogP contribution is 2.32. The van der Waals surface area contributed by atoms with Gasteiger partial charge in [-0.25, -0.2) is 0 Å². The van der Waals surface area contributed by atoms with Crippen LogP contribution in [0.5, 0.6) is 0 Å². The number of carbonyl (C=O) groups excluding carboxylic acids is 2. The molecule has 22 heavy (non-hydrogen) atoms. The monoisotopic (exact) mass is 300 g/mol. The first kappa shape index (κ1) is 15.1. The van der Waals surface area contributed by atoms with Crippen molar-refractivity contribution in [2.75, 3.05) is 11.4 Å². The van der Waals surface area contributed by atoms with Crippen molar-refractivity contribution >= 4 is 17.5 Å². The Morgan fingerprint density at radius 3 is 2.41 bits per heavy atom. The third kappa shape index (κ3) is 2.87. The summed E-state index contributed by atoms with van der Waals surface area (Å²) in [5.41, 5.74) is 3.42. The minimum Gasteiger partial charge on any atom is -0.353 e. The molecule has 2 amide bonds. The van der Waals surface area contributed by atoms with E-state index in [-0.39, 0.29) is 17.7 Å². The van der Waals surface area contributed by atoms with Gasteiger partial charge in [-0.2, -0.15) is 0 Å². The molecule has 1 aromatic rings. The maximum atomic E-state index is 12.5. The van der Waals surface area contributed by atoms with Crippen LogP contribution in [0.15, 0.2) is 18.2 Å².